The summed E-state index contributed by atoms with van der Waals surface area (Å²) in [5.41, 5.74) is 4.95. The molecule has 1 amide bonds. The first-order valence-corrected chi connectivity index (χ1v) is 9.39. The van der Waals surface area contributed by atoms with Crippen LogP contribution in [0.2, 0.25) is 0 Å². The number of rotatable bonds is 4. The van der Waals surface area contributed by atoms with Gasteiger partial charge in [0.1, 0.15) is 0 Å². The zero-order valence-electron chi connectivity index (χ0n) is 16.3. The molecular weight excluding hydrogens is 445 g/mol. The van der Waals surface area contributed by atoms with Gasteiger partial charge in [0.25, 0.3) is 0 Å². The van der Waals surface area contributed by atoms with Gasteiger partial charge in [0.15, 0.2) is 5.96 Å². The van der Waals surface area contributed by atoms with Crippen LogP contribution in [0.4, 0.5) is 0 Å². The summed E-state index contributed by atoms with van der Waals surface area (Å²) in [5, 5.41) is 3.57. The lowest BCUT2D eigenvalue weighted by Crippen LogP contribution is -2.65. The van der Waals surface area contributed by atoms with E-state index in [9.17, 15) is 4.79 Å². The van der Waals surface area contributed by atoms with Gasteiger partial charge in [-0.3, -0.25) is 24.5 Å². The Morgan fingerprint density at radius 3 is 2.19 bits per heavy atom. The molecule has 0 spiro atoms. The minimum absolute atomic E-state index is 0. The fourth-order valence-electron chi connectivity index (χ4n) is 4.09. The number of aliphatic imine (C=N–C) groups is 1. The van der Waals surface area contributed by atoms with Gasteiger partial charge in [0, 0.05) is 78.5 Å². The van der Waals surface area contributed by atoms with Gasteiger partial charge in [0.05, 0.1) is 5.54 Å². The average molecular weight is 479 g/mol. The molecule has 4 rings (SSSR count). The fraction of sp³-hybridized carbons (Fsp3) is 0.882. The van der Waals surface area contributed by atoms with Gasteiger partial charge in [0.2, 0.25) is 5.91 Å². The van der Waals surface area contributed by atoms with Crippen molar-refractivity contribution in [2.24, 2.45) is 10.7 Å². The van der Waals surface area contributed by atoms with E-state index < -0.39 is 5.54 Å². The molecule has 3 N–H and O–H groups in total. The van der Waals surface area contributed by atoms with Crippen molar-refractivity contribution >= 4 is 35.8 Å². The Balaban J connectivity index is 0.00000243. The molecule has 4 aliphatic heterocycles. The molecular formula is C17H34IN7O. The Bertz CT molecular complexity index is 511. The van der Waals surface area contributed by atoms with Crippen LogP contribution < -0.4 is 11.1 Å². The van der Waals surface area contributed by atoms with Crippen LogP contribution in [0.5, 0.6) is 0 Å². The third kappa shape index (κ3) is 4.60. The molecule has 4 fully saturated rings. The maximum absolute atomic E-state index is 11.7. The third-order valence-electron chi connectivity index (χ3n) is 6.07. The molecule has 4 aliphatic rings. The molecule has 26 heavy (non-hydrogen) atoms. The van der Waals surface area contributed by atoms with Crippen molar-refractivity contribution in [1.82, 2.24) is 24.9 Å². The summed E-state index contributed by atoms with van der Waals surface area (Å²) < 4.78 is 0. The number of nitrogens with zero attached hydrogens (tertiary/aromatic N) is 5. The molecule has 1 unspecified atom stereocenters. The Morgan fingerprint density at radius 1 is 1.12 bits per heavy atom. The second kappa shape index (κ2) is 9.03. The predicted octanol–water partition coefficient (Wildman–Crippen LogP) is -0.939. The number of hydrogen-bond acceptors (Lipinski definition) is 5. The van der Waals surface area contributed by atoms with Crippen LogP contribution in [0.1, 0.15) is 13.8 Å². The molecule has 9 heteroatoms. The number of nitrogens with two attached hydrogens (primary N) is 1. The van der Waals surface area contributed by atoms with E-state index in [1.165, 1.54) is 26.2 Å². The molecule has 4 heterocycles. The number of carbonyl (C=O) groups is 1. The Kier molecular flexibility index (Phi) is 7.52. The molecule has 0 radical (unpaired) electrons. The lowest BCUT2D eigenvalue weighted by Gasteiger charge is -2.48. The highest BCUT2D eigenvalue weighted by Crippen LogP contribution is 2.17. The summed E-state index contributed by atoms with van der Waals surface area (Å²) in [7, 11) is 1.85. The summed E-state index contributed by atoms with van der Waals surface area (Å²) in [6.45, 7) is 14.1. The summed E-state index contributed by atoms with van der Waals surface area (Å²) >= 11 is 0. The van der Waals surface area contributed by atoms with E-state index in [0.717, 1.165) is 45.2 Å². The molecule has 0 saturated carbocycles. The number of nitrogens with one attached hydrogen (secondary N) is 1. The summed E-state index contributed by atoms with van der Waals surface area (Å²) in [6.07, 6.45) is 0. The number of piperazine rings is 4. The second-order valence-electron chi connectivity index (χ2n) is 7.82. The normalized spacial score (nSPS) is 30.0. The fourth-order valence-corrected chi connectivity index (χ4v) is 4.09. The highest BCUT2D eigenvalue weighted by Gasteiger charge is 2.36. The molecule has 150 valence electrons. The lowest BCUT2D eigenvalue weighted by molar-refractivity contribution is -0.129. The van der Waals surface area contributed by atoms with Crippen LogP contribution in [-0.2, 0) is 4.79 Å². The second-order valence-corrected chi connectivity index (χ2v) is 7.82. The van der Waals surface area contributed by atoms with Gasteiger partial charge in [-0.15, -0.1) is 24.0 Å². The van der Waals surface area contributed by atoms with E-state index >= 15 is 0 Å². The molecule has 0 aliphatic carbocycles. The minimum Gasteiger partial charge on any atom is -0.368 e. The van der Waals surface area contributed by atoms with E-state index in [0.29, 0.717) is 6.04 Å². The maximum atomic E-state index is 11.7. The van der Waals surface area contributed by atoms with E-state index in [1.54, 1.807) is 0 Å². The van der Waals surface area contributed by atoms with Crippen LogP contribution in [-0.4, -0.2) is 116 Å². The van der Waals surface area contributed by atoms with Crippen molar-refractivity contribution in [3.63, 3.8) is 0 Å². The zero-order chi connectivity index (χ0) is 18.0. The van der Waals surface area contributed by atoms with Crippen molar-refractivity contribution in [3.8, 4) is 0 Å². The van der Waals surface area contributed by atoms with Crippen LogP contribution in [0.15, 0.2) is 4.99 Å². The van der Waals surface area contributed by atoms with E-state index in [4.69, 9.17) is 5.73 Å². The summed E-state index contributed by atoms with van der Waals surface area (Å²) in [4.78, 5) is 25.7. The quantitative estimate of drug-likeness (QED) is 0.308. The van der Waals surface area contributed by atoms with Gasteiger partial charge in [-0.2, -0.15) is 0 Å². The first-order chi connectivity index (χ1) is 11.9. The SMILES string of the molecule is CN=C(NCC1CN2CCN1CC2)N1CCN(C(C)(C)C(N)=O)CC1.I. The largest absolute Gasteiger partial charge is 0.368 e. The number of hydrogen-bond donors (Lipinski definition) is 2. The van der Waals surface area contributed by atoms with Crippen LogP contribution in [0.25, 0.3) is 0 Å². The number of halogens is 1. The molecule has 2 bridgehead atoms. The van der Waals surface area contributed by atoms with Crippen LogP contribution in [0.3, 0.4) is 0 Å². The highest BCUT2D eigenvalue weighted by molar-refractivity contribution is 14.0. The number of fused-ring (bicyclic) bond motifs is 3. The Morgan fingerprint density at radius 2 is 1.73 bits per heavy atom. The molecule has 8 nitrogen and oxygen atoms in total. The smallest absolute Gasteiger partial charge is 0.237 e. The first kappa shape index (κ1) is 21.6. The molecule has 4 saturated heterocycles. The number of amides is 1. The van der Waals surface area contributed by atoms with Crippen LogP contribution >= 0.6 is 24.0 Å². The first-order valence-electron chi connectivity index (χ1n) is 9.39. The van der Waals surface area contributed by atoms with Crippen molar-refractivity contribution in [2.45, 2.75) is 25.4 Å². The number of primary amides is 1. The van der Waals surface area contributed by atoms with Gasteiger partial charge < -0.3 is 16.0 Å². The van der Waals surface area contributed by atoms with Crippen molar-refractivity contribution in [2.75, 3.05) is 72.5 Å². The zero-order valence-corrected chi connectivity index (χ0v) is 18.6. The van der Waals surface area contributed by atoms with Crippen molar-refractivity contribution in [1.29, 1.82) is 0 Å². The van der Waals surface area contributed by atoms with Gasteiger partial charge in [-0.1, -0.05) is 0 Å². The molecule has 1 atom stereocenters. The Labute approximate surface area is 174 Å². The van der Waals surface area contributed by atoms with E-state index in [1.807, 2.05) is 20.9 Å². The van der Waals surface area contributed by atoms with Gasteiger partial charge in [-0.25, -0.2) is 0 Å². The van der Waals surface area contributed by atoms with Gasteiger partial charge >= 0.3 is 0 Å². The average Bonchev–Trinajstić information content (AvgIpc) is 2.63. The summed E-state index contributed by atoms with van der Waals surface area (Å²) in [5.74, 6) is 0.703. The number of guanidine groups is 1. The van der Waals surface area contributed by atoms with Gasteiger partial charge in [-0.05, 0) is 13.8 Å². The van der Waals surface area contributed by atoms with Crippen molar-refractivity contribution in [3.05, 3.63) is 0 Å². The lowest BCUT2D eigenvalue weighted by atomic mass is 10.0. The monoisotopic (exact) mass is 479 g/mol. The topological polar surface area (TPSA) is 80.4 Å². The molecule has 0 aromatic carbocycles. The minimum atomic E-state index is -0.591. The van der Waals surface area contributed by atoms with Crippen LogP contribution in [0, 0.1) is 0 Å². The van der Waals surface area contributed by atoms with E-state index in [2.05, 4.69) is 29.9 Å². The summed E-state index contributed by atoms with van der Waals surface area (Å²) in [6, 6.07) is 0.578. The standard InChI is InChI=1S/C17H33N7O.HI/c1-17(2,15(18)25)24-10-8-23(9-11-24)16(19-3)20-12-14-13-21-4-6-22(14)7-5-21;/h14H,4-13H2,1-3H3,(H2,18,25)(H,19,20);1H. The third-order valence-corrected chi connectivity index (χ3v) is 6.07. The maximum Gasteiger partial charge on any atom is 0.237 e. The van der Waals surface area contributed by atoms with Crippen molar-refractivity contribution < 1.29 is 4.79 Å². The highest BCUT2D eigenvalue weighted by atomic mass is 127. The van der Waals surface area contributed by atoms with E-state index in [-0.39, 0.29) is 29.9 Å². The number of carbonyl (C=O) groups excluding carboxylic acids is 1. The molecule has 0 aromatic rings. The Hall–Kier alpha value is -0.650. The molecule has 0 aromatic heterocycles. The predicted molar refractivity (Wildman–Crippen MR) is 115 cm³/mol.